The van der Waals surface area contributed by atoms with E-state index >= 15 is 0 Å². The molecule has 0 fully saturated rings. The van der Waals surface area contributed by atoms with Crippen molar-refractivity contribution in [2.45, 2.75) is 64.6 Å². The van der Waals surface area contributed by atoms with Crippen molar-refractivity contribution in [2.75, 3.05) is 13.6 Å². The molecule has 1 atom stereocenters. The van der Waals surface area contributed by atoms with E-state index in [1.165, 1.54) is 34.1 Å². The second-order valence-corrected chi connectivity index (χ2v) is 9.49. The summed E-state index contributed by atoms with van der Waals surface area (Å²) in [7, 11) is 1.61. The van der Waals surface area contributed by atoms with Gasteiger partial charge in [-0.25, -0.2) is 0 Å². The first kappa shape index (κ1) is 23.7. The van der Waals surface area contributed by atoms with E-state index in [4.69, 9.17) is 0 Å². The summed E-state index contributed by atoms with van der Waals surface area (Å²) in [5.41, 5.74) is 2.90. The molecule has 180 valence electrons. The number of benzene rings is 1. The standard InChI is InChI=1S/C26H33N5O3/c1-18-9-11-20(12-10-18)16-28-25(34)26(2)17-31-22(24(33)30(26)3)15-21(29-31)23(32)27-14-13-19-7-5-4-6-8-19/h7,9-12,15H,4-6,8,13-14,16-17H2,1-3H3,(H,27,32)(H,28,34). The van der Waals surface area contributed by atoms with Crippen molar-refractivity contribution in [3.05, 3.63) is 64.5 Å². The minimum Gasteiger partial charge on any atom is -0.350 e. The fraction of sp³-hybridized carbons (Fsp3) is 0.462. The highest BCUT2D eigenvalue weighted by Gasteiger charge is 2.46. The summed E-state index contributed by atoms with van der Waals surface area (Å²) in [5, 5.41) is 10.2. The second kappa shape index (κ2) is 9.83. The van der Waals surface area contributed by atoms with Crippen LogP contribution in [0.25, 0.3) is 0 Å². The molecule has 2 N–H and O–H groups in total. The lowest BCUT2D eigenvalue weighted by molar-refractivity contribution is -0.132. The third-order valence-electron chi connectivity index (χ3n) is 6.91. The van der Waals surface area contributed by atoms with E-state index in [1.807, 2.05) is 31.2 Å². The Balaban J connectivity index is 1.41. The number of carbonyl (C=O) groups is 3. The fourth-order valence-electron chi connectivity index (χ4n) is 4.48. The highest BCUT2D eigenvalue weighted by atomic mass is 16.2. The molecule has 1 aliphatic carbocycles. The van der Waals surface area contributed by atoms with E-state index < -0.39 is 5.54 Å². The molecule has 0 radical (unpaired) electrons. The highest BCUT2D eigenvalue weighted by molar-refractivity contribution is 6.01. The van der Waals surface area contributed by atoms with Gasteiger partial charge < -0.3 is 15.5 Å². The van der Waals surface area contributed by atoms with Crippen LogP contribution in [0.3, 0.4) is 0 Å². The maximum absolute atomic E-state index is 13.1. The molecule has 3 amide bonds. The van der Waals surface area contributed by atoms with E-state index in [9.17, 15) is 14.4 Å². The molecule has 8 heteroatoms. The summed E-state index contributed by atoms with van der Waals surface area (Å²) in [6.45, 7) is 4.81. The monoisotopic (exact) mass is 463 g/mol. The van der Waals surface area contributed by atoms with Crippen molar-refractivity contribution in [2.24, 2.45) is 0 Å². The van der Waals surface area contributed by atoms with Crippen molar-refractivity contribution < 1.29 is 14.4 Å². The van der Waals surface area contributed by atoms with Crippen LogP contribution in [0.15, 0.2) is 42.0 Å². The lowest BCUT2D eigenvalue weighted by Crippen LogP contribution is -2.62. The Bertz CT molecular complexity index is 1120. The van der Waals surface area contributed by atoms with Gasteiger partial charge >= 0.3 is 0 Å². The number of likely N-dealkylation sites (N-methyl/N-ethyl adjacent to an activating group) is 1. The molecule has 4 rings (SSSR count). The van der Waals surface area contributed by atoms with Gasteiger partial charge in [-0.2, -0.15) is 5.10 Å². The molecule has 1 aliphatic heterocycles. The minimum atomic E-state index is -1.12. The van der Waals surface area contributed by atoms with E-state index in [1.54, 1.807) is 14.0 Å². The summed E-state index contributed by atoms with van der Waals surface area (Å²) >= 11 is 0. The third-order valence-corrected chi connectivity index (χ3v) is 6.91. The van der Waals surface area contributed by atoms with Gasteiger partial charge in [0.2, 0.25) is 5.91 Å². The van der Waals surface area contributed by atoms with Crippen LogP contribution < -0.4 is 10.6 Å². The molecule has 1 unspecified atom stereocenters. The van der Waals surface area contributed by atoms with Crippen LogP contribution in [0.5, 0.6) is 0 Å². The zero-order chi connectivity index (χ0) is 24.3. The predicted octanol–water partition coefficient (Wildman–Crippen LogP) is 2.97. The SMILES string of the molecule is Cc1ccc(CNC(=O)C2(C)Cn3nc(C(=O)NCCC4=CCCCC4)cc3C(=O)N2C)cc1. The van der Waals surface area contributed by atoms with Gasteiger partial charge in [-0.3, -0.25) is 19.1 Å². The van der Waals surface area contributed by atoms with Gasteiger partial charge in [0.25, 0.3) is 11.8 Å². The quantitative estimate of drug-likeness (QED) is 0.617. The first-order valence-corrected chi connectivity index (χ1v) is 11.9. The maximum Gasteiger partial charge on any atom is 0.272 e. The number of fused-ring (bicyclic) bond motifs is 1. The number of aromatic nitrogens is 2. The average molecular weight is 464 g/mol. The van der Waals surface area contributed by atoms with E-state index in [-0.39, 0.29) is 30.0 Å². The highest BCUT2D eigenvalue weighted by Crippen LogP contribution is 2.26. The first-order chi connectivity index (χ1) is 16.3. The molecule has 8 nitrogen and oxygen atoms in total. The van der Waals surface area contributed by atoms with Gasteiger partial charge in [0.15, 0.2) is 5.69 Å². The van der Waals surface area contributed by atoms with Crippen LogP contribution in [0.2, 0.25) is 0 Å². The van der Waals surface area contributed by atoms with Crippen LogP contribution in [0.4, 0.5) is 0 Å². The minimum absolute atomic E-state index is 0.171. The predicted molar refractivity (Wildman–Crippen MR) is 129 cm³/mol. The number of amides is 3. The van der Waals surface area contributed by atoms with Gasteiger partial charge in [-0.1, -0.05) is 41.5 Å². The Morgan fingerprint density at radius 3 is 2.62 bits per heavy atom. The van der Waals surface area contributed by atoms with Gasteiger partial charge in [-0.15, -0.1) is 0 Å². The Kier molecular flexibility index (Phi) is 6.86. The van der Waals surface area contributed by atoms with E-state index in [2.05, 4.69) is 21.8 Å². The number of hydrogen-bond acceptors (Lipinski definition) is 4. The number of nitrogens with zero attached hydrogens (tertiary/aromatic N) is 3. The van der Waals surface area contributed by atoms with Crippen molar-refractivity contribution in [1.29, 1.82) is 0 Å². The number of hydrogen-bond donors (Lipinski definition) is 2. The van der Waals surface area contributed by atoms with Crippen molar-refractivity contribution in [1.82, 2.24) is 25.3 Å². The van der Waals surface area contributed by atoms with Crippen molar-refractivity contribution >= 4 is 17.7 Å². The summed E-state index contributed by atoms with van der Waals surface area (Å²) < 4.78 is 1.48. The molecular weight excluding hydrogens is 430 g/mol. The average Bonchev–Trinajstić information content (AvgIpc) is 3.26. The number of carbonyl (C=O) groups excluding carboxylic acids is 3. The molecule has 2 aliphatic rings. The maximum atomic E-state index is 13.1. The lowest BCUT2D eigenvalue weighted by Gasteiger charge is -2.40. The number of rotatable bonds is 7. The zero-order valence-corrected chi connectivity index (χ0v) is 20.2. The Labute approximate surface area is 200 Å². The Morgan fingerprint density at radius 2 is 1.91 bits per heavy atom. The smallest absolute Gasteiger partial charge is 0.272 e. The number of allylic oxidation sites excluding steroid dienone is 1. The van der Waals surface area contributed by atoms with Crippen LogP contribution in [0, 0.1) is 6.92 Å². The van der Waals surface area contributed by atoms with Crippen LogP contribution in [0.1, 0.15) is 71.1 Å². The molecule has 2 heterocycles. The molecule has 1 aromatic heterocycles. The topological polar surface area (TPSA) is 96.3 Å². The zero-order valence-electron chi connectivity index (χ0n) is 20.2. The normalized spacial score (nSPS) is 19.9. The number of nitrogens with one attached hydrogen (secondary N) is 2. The van der Waals surface area contributed by atoms with Gasteiger partial charge in [0, 0.05) is 26.2 Å². The lowest BCUT2D eigenvalue weighted by atomic mass is 9.95. The Hall–Kier alpha value is -3.42. The number of aryl methyl sites for hydroxylation is 1. The van der Waals surface area contributed by atoms with Crippen LogP contribution >= 0.6 is 0 Å². The van der Waals surface area contributed by atoms with Crippen molar-refractivity contribution in [3.63, 3.8) is 0 Å². The van der Waals surface area contributed by atoms with E-state index in [0.29, 0.717) is 18.8 Å². The van der Waals surface area contributed by atoms with Gasteiger partial charge in [0.1, 0.15) is 11.2 Å². The molecule has 0 saturated heterocycles. The molecule has 0 saturated carbocycles. The summed E-state index contributed by atoms with van der Waals surface area (Å²) in [6, 6.07) is 9.43. The third kappa shape index (κ3) is 4.90. The van der Waals surface area contributed by atoms with E-state index in [0.717, 1.165) is 30.4 Å². The Morgan fingerprint density at radius 1 is 1.15 bits per heavy atom. The summed E-state index contributed by atoms with van der Waals surface area (Å²) in [4.78, 5) is 40.3. The summed E-state index contributed by atoms with van der Waals surface area (Å²) in [6.07, 6.45) is 7.76. The molecular formula is C26H33N5O3. The molecule has 2 aromatic rings. The molecule has 0 bridgehead atoms. The summed E-state index contributed by atoms with van der Waals surface area (Å²) in [5.74, 6) is -0.908. The first-order valence-electron chi connectivity index (χ1n) is 11.9. The van der Waals surface area contributed by atoms with Gasteiger partial charge in [-0.05, 0) is 51.5 Å². The van der Waals surface area contributed by atoms with Crippen LogP contribution in [-0.4, -0.2) is 51.5 Å². The van der Waals surface area contributed by atoms with Crippen molar-refractivity contribution in [3.8, 4) is 0 Å². The van der Waals surface area contributed by atoms with Gasteiger partial charge in [0.05, 0.1) is 6.54 Å². The molecule has 0 spiro atoms. The second-order valence-electron chi connectivity index (χ2n) is 9.49. The largest absolute Gasteiger partial charge is 0.350 e. The molecule has 1 aromatic carbocycles. The molecule has 34 heavy (non-hydrogen) atoms. The fourth-order valence-corrected chi connectivity index (χ4v) is 4.48. The van der Waals surface area contributed by atoms with Crippen LogP contribution in [-0.2, 0) is 17.9 Å².